The Kier molecular flexibility index (Phi) is 8.49. The Morgan fingerprint density at radius 3 is 2.82 bits per heavy atom. The molecule has 120 valence electrons. The van der Waals surface area contributed by atoms with Gasteiger partial charge in [0.25, 0.3) is 0 Å². The predicted molar refractivity (Wildman–Crippen MR) is 99.4 cm³/mol. The Labute approximate surface area is 148 Å². The normalized spacial score (nSPS) is 10.9. The predicted octanol–water partition coefficient (Wildman–Crippen LogP) is 1.96. The molecule has 2 heterocycles. The molecule has 0 radical (unpaired) electrons. The zero-order valence-corrected chi connectivity index (χ0v) is 15.3. The maximum absolute atomic E-state index is 4.52. The third-order valence-corrected chi connectivity index (χ3v) is 2.87. The van der Waals surface area contributed by atoms with Crippen LogP contribution in [-0.2, 0) is 13.1 Å². The number of aryl methyl sites for hydroxylation is 1. The van der Waals surface area contributed by atoms with Crippen molar-refractivity contribution in [1.29, 1.82) is 0 Å². The number of hydrogen-bond acceptors (Lipinski definition) is 3. The van der Waals surface area contributed by atoms with Crippen molar-refractivity contribution in [2.45, 2.75) is 26.9 Å². The van der Waals surface area contributed by atoms with Crippen LogP contribution in [0.25, 0.3) is 0 Å². The van der Waals surface area contributed by atoms with E-state index in [2.05, 4.69) is 32.6 Å². The molecule has 2 rings (SSSR count). The van der Waals surface area contributed by atoms with Gasteiger partial charge in [-0.2, -0.15) is 5.10 Å². The van der Waals surface area contributed by atoms with E-state index in [1.807, 2.05) is 42.2 Å². The summed E-state index contributed by atoms with van der Waals surface area (Å²) in [5.41, 5.74) is 2.13. The largest absolute Gasteiger partial charge is 0.357 e. The van der Waals surface area contributed by atoms with Gasteiger partial charge in [0, 0.05) is 25.5 Å². The summed E-state index contributed by atoms with van der Waals surface area (Å²) < 4.78 is 1.92. The first-order valence-electron chi connectivity index (χ1n) is 7.19. The highest BCUT2D eigenvalue weighted by atomic mass is 127. The summed E-state index contributed by atoms with van der Waals surface area (Å²) in [6.07, 6.45) is 5.67. The molecule has 0 atom stereocenters. The smallest absolute Gasteiger partial charge is 0.191 e. The van der Waals surface area contributed by atoms with Crippen LogP contribution in [0.2, 0.25) is 0 Å². The maximum Gasteiger partial charge on any atom is 0.191 e. The van der Waals surface area contributed by atoms with Gasteiger partial charge in [0.2, 0.25) is 0 Å². The van der Waals surface area contributed by atoms with Crippen molar-refractivity contribution >= 4 is 29.9 Å². The van der Waals surface area contributed by atoms with Crippen molar-refractivity contribution in [3.63, 3.8) is 0 Å². The van der Waals surface area contributed by atoms with Crippen molar-refractivity contribution in [2.24, 2.45) is 4.99 Å². The minimum atomic E-state index is 0. The average Bonchev–Trinajstić information content (AvgIpc) is 2.91. The molecule has 6 nitrogen and oxygen atoms in total. The van der Waals surface area contributed by atoms with Crippen molar-refractivity contribution in [2.75, 3.05) is 13.1 Å². The maximum atomic E-state index is 4.52. The molecule has 0 aliphatic rings. The van der Waals surface area contributed by atoms with Crippen molar-refractivity contribution in [1.82, 2.24) is 25.4 Å². The average molecular weight is 414 g/mol. The first kappa shape index (κ1) is 18.4. The zero-order chi connectivity index (χ0) is 14.9. The highest BCUT2D eigenvalue weighted by molar-refractivity contribution is 14.0. The lowest BCUT2D eigenvalue weighted by molar-refractivity contribution is 0.597. The van der Waals surface area contributed by atoms with Gasteiger partial charge in [-0.1, -0.05) is 6.07 Å². The molecule has 22 heavy (non-hydrogen) atoms. The molecule has 0 saturated carbocycles. The summed E-state index contributed by atoms with van der Waals surface area (Å²) in [6.45, 7) is 7.06. The van der Waals surface area contributed by atoms with Gasteiger partial charge in [0.15, 0.2) is 5.96 Å². The minimum absolute atomic E-state index is 0. The van der Waals surface area contributed by atoms with E-state index in [9.17, 15) is 0 Å². The second kappa shape index (κ2) is 10.1. The Hall–Kier alpha value is -1.64. The van der Waals surface area contributed by atoms with E-state index >= 15 is 0 Å². The first-order valence-corrected chi connectivity index (χ1v) is 7.19. The third-order valence-electron chi connectivity index (χ3n) is 2.87. The summed E-state index contributed by atoms with van der Waals surface area (Å²) in [4.78, 5) is 8.79. The van der Waals surface area contributed by atoms with Crippen LogP contribution in [0.5, 0.6) is 0 Å². The lowest BCUT2D eigenvalue weighted by Crippen LogP contribution is -2.38. The summed E-state index contributed by atoms with van der Waals surface area (Å²) in [7, 11) is 0. The molecule has 0 amide bonds. The fourth-order valence-corrected chi connectivity index (χ4v) is 1.87. The number of guanidine groups is 1. The molecule has 0 aliphatic carbocycles. The van der Waals surface area contributed by atoms with Gasteiger partial charge in [0.05, 0.1) is 25.0 Å². The Balaban J connectivity index is 0.00000242. The van der Waals surface area contributed by atoms with Crippen LogP contribution in [0.1, 0.15) is 18.2 Å². The molecular weight excluding hydrogens is 391 g/mol. The zero-order valence-electron chi connectivity index (χ0n) is 13.0. The summed E-state index contributed by atoms with van der Waals surface area (Å²) in [6, 6.07) is 5.85. The number of aromatic nitrogens is 3. The van der Waals surface area contributed by atoms with E-state index in [1.165, 1.54) is 5.56 Å². The monoisotopic (exact) mass is 414 g/mol. The quantitative estimate of drug-likeness (QED) is 0.431. The van der Waals surface area contributed by atoms with Gasteiger partial charge >= 0.3 is 0 Å². The van der Waals surface area contributed by atoms with Gasteiger partial charge in [-0.15, -0.1) is 24.0 Å². The number of rotatable bonds is 6. The van der Waals surface area contributed by atoms with E-state index < -0.39 is 0 Å². The number of nitrogens with zero attached hydrogens (tertiary/aromatic N) is 4. The van der Waals surface area contributed by atoms with Gasteiger partial charge in [-0.3, -0.25) is 9.67 Å². The highest BCUT2D eigenvalue weighted by Gasteiger charge is 1.99. The Bertz CT molecular complexity index is 566. The second-order valence-electron chi connectivity index (χ2n) is 4.72. The third kappa shape index (κ3) is 6.42. The summed E-state index contributed by atoms with van der Waals surface area (Å²) in [5.74, 6) is 0.798. The molecule has 7 heteroatoms. The molecule has 2 aromatic heterocycles. The number of pyridine rings is 1. The summed E-state index contributed by atoms with van der Waals surface area (Å²) in [5, 5.41) is 10.8. The molecule has 0 saturated heterocycles. The molecule has 0 bridgehead atoms. The Morgan fingerprint density at radius 1 is 1.32 bits per heavy atom. The van der Waals surface area contributed by atoms with Gasteiger partial charge in [-0.25, -0.2) is 4.99 Å². The molecule has 0 fully saturated rings. The Morgan fingerprint density at radius 2 is 2.18 bits per heavy atom. The van der Waals surface area contributed by atoms with Crippen LogP contribution in [0.15, 0.2) is 41.8 Å². The van der Waals surface area contributed by atoms with E-state index in [1.54, 1.807) is 6.20 Å². The van der Waals surface area contributed by atoms with E-state index in [0.29, 0.717) is 6.54 Å². The topological polar surface area (TPSA) is 67.1 Å². The fraction of sp³-hybridized carbons (Fsp3) is 0.400. The van der Waals surface area contributed by atoms with Crippen LogP contribution in [0.3, 0.4) is 0 Å². The number of halogens is 1. The number of aliphatic imine (C=N–C) groups is 1. The number of hydrogen-bond donors (Lipinski definition) is 2. The first-order chi connectivity index (χ1) is 10.3. The van der Waals surface area contributed by atoms with Gasteiger partial charge in [0.1, 0.15) is 0 Å². The molecule has 2 aromatic rings. The fourth-order valence-electron chi connectivity index (χ4n) is 1.87. The molecule has 2 N–H and O–H groups in total. The molecule has 0 aromatic carbocycles. The van der Waals surface area contributed by atoms with Crippen molar-refractivity contribution in [3.05, 3.63) is 48.0 Å². The molecule has 0 spiro atoms. The lowest BCUT2D eigenvalue weighted by atomic mass is 10.3. The standard InChI is InChI=1S/C15H22N6.HI/c1-3-16-15(19-11-14-6-4-5-7-17-14)18-8-9-21-12-13(2)10-20-21;/h4-7,10,12H,3,8-9,11H2,1-2H3,(H2,16,18,19);1H. The second-order valence-corrected chi connectivity index (χ2v) is 4.72. The van der Waals surface area contributed by atoms with Crippen LogP contribution >= 0.6 is 24.0 Å². The van der Waals surface area contributed by atoms with Crippen LogP contribution in [-0.4, -0.2) is 33.8 Å². The SMILES string of the molecule is CCNC(=NCc1ccccn1)NCCn1cc(C)cn1.I. The molecular formula is C15H23IN6. The van der Waals surface area contributed by atoms with E-state index in [-0.39, 0.29) is 24.0 Å². The van der Waals surface area contributed by atoms with Crippen LogP contribution < -0.4 is 10.6 Å². The lowest BCUT2D eigenvalue weighted by Gasteiger charge is -2.11. The van der Waals surface area contributed by atoms with E-state index in [0.717, 1.165) is 31.3 Å². The van der Waals surface area contributed by atoms with Crippen LogP contribution in [0.4, 0.5) is 0 Å². The molecule has 0 aliphatic heterocycles. The molecule has 0 unspecified atom stereocenters. The summed E-state index contributed by atoms with van der Waals surface area (Å²) >= 11 is 0. The van der Waals surface area contributed by atoms with Crippen molar-refractivity contribution in [3.8, 4) is 0 Å². The highest BCUT2D eigenvalue weighted by Crippen LogP contribution is 1.95. The van der Waals surface area contributed by atoms with Gasteiger partial charge < -0.3 is 10.6 Å². The minimum Gasteiger partial charge on any atom is -0.357 e. The van der Waals surface area contributed by atoms with Gasteiger partial charge in [-0.05, 0) is 31.5 Å². The van der Waals surface area contributed by atoms with Crippen LogP contribution in [0, 0.1) is 6.92 Å². The van der Waals surface area contributed by atoms with E-state index in [4.69, 9.17) is 0 Å². The number of nitrogens with one attached hydrogen (secondary N) is 2. The van der Waals surface area contributed by atoms with Crippen molar-refractivity contribution < 1.29 is 0 Å².